The van der Waals surface area contributed by atoms with E-state index in [2.05, 4.69) is 161 Å². The monoisotopic (exact) mass is 1490 g/mol. The number of hydrogen-bond acceptors (Lipinski definition) is 15. The van der Waals surface area contributed by atoms with Gasteiger partial charge in [0.05, 0.1) is 32.8 Å². The predicted octanol–water partition coefficient (Wildman–Crippen LogP) is 23.2. The van der Waals surface area contributed by atoms with Crippen molar-refractivity contribution < 1.29 is 80.2 Å². The van der Waals surface area contributed by atoms with Gasteiger partial charge in [-0.05, 0) is 154 Å². The normalized spacial score (nSPS) is 14.7. The van der Waals surface area contributed by atoms with Gasteiger partial charge in [-0.3, -0.25) is 37.3 Å². The number of allylic oxidation sites excluding steroid dienone is 25. The van der Waals surface area contributed by atoms with Crippen LogP contribution < -0.4 is 0 Å². The van der Waals surface area contributed by atoms with Crippen molar-refractivity contribution in [1.82, 2.24) is 0 Å². The zero-order valence-electron chi connectivity index (χ0n) is 64.6. The molecule has 0 saturated heterocycles. The van der Waals surface area contributed by atoms with E-state index in [-0.39, 0.29) is 25.7 Å². The molecule has 0 bridgehead atoms. The Morgan fingerprint density at radius 3 is 0.904 bits per heavy atom. The first-order chi connectivity index (χ1) is 50.7. The van der Waals surface area contributed by atoms with Crippen LogP contribution in [0.4, 0.5) is 0 Å². The summed E-state index contributed by atoms with van der Waals surface area (Å²) in [6, 6.07) is 0. The molecule has 0 spiro atoms. The summed E-state index contributed by atoms with van der Waals surface area (Å²) in [6.45, 7) is 4.42. The summed E-state index contributed by atoms with van der Waals surface area (Å²) in [5.74, 6) is -2.40. The number of phosphoric ester groups is 2. The summed E-state index contributed by atoms with van der Waals surface area (Å²) in [6.07, 6.45) is 88.3. The average molecular weight is 1500 g/mol. The van der Waals surface area contributed by atoms with Gasteiger partial charge in [0.25, 0.3) is 0 Å². The van der Waals surface area contributed by atoms with Crippen molar-refractivity contribution in [3.8, 4) is 0 Å². The molecule has 0 aliphatic heterocycles. The molecule has 592 valence electrons. The number of carbonyl (C=O) groups excluding carboxylic acids is 4. The van der Waals surface area contributed by atoms with E-state index in [9.17, 15) is 43.2 Å². The highest BCUT2D eigenvalue weighted by atomic mass is 31.2. The van der Waals surface area contributed by atoms with E-state index in [1.165, 1.54) is 57.8 Å². The smallest absolute Gasteiger partial charge is 0.462 e. The maximum atomic E-state index is 13.1. The lowest BCUT2D eigenvalue weighted by Gasteiger charge is -2.21. The van der Waals surface area contributed by atoms with Gasteiger partial charge in [0.15, 0.2) is 12.2 Å². The molecule has 5 atom stereocenters. The lowest BCUT2D eigenvalue weighted by atomic mass is 10.1. The molecule has 0 aromatic rings. The second-order valence-corrected chi connectivity index (χ2v) is 28.8. The predicted molar refractivity (Wildman–Crippen MR) is 427 cm³/mol. The fraction of sp³-hybridized carbons (Fsp3) is 0.647. The van der Waals surface area contributed by atoms with Crippen molar-refractivity contribution in [2.75, 3.05) is 39.6 Å². The van der Waals surface area contributed by atoms with Crippen LogP contribution in [0.1, 0.15) is 297 Å². The minimum atomic E-state index is -5.01. The van der Waals surface area contributed by atoms with Crippen LogP contribution in [0.2, 0.25) is 0 Å². The number of aliphatic hydroxyl groups excluding tert-OH is 1. The zero-order chi connectivity index (χ0) is 76.0. The van der Waals surface area contributed by atoms with Crippen LogP contribution in [0, 0.1) is 0 Å². The molecule has 104 heavy (non-hydrogen) atoms. The van der Waals surface area contributed by atoms with Gasteiger partial charge in [-0.25, -0.2) is 9.13 Å². The summed E-state index contributed by atoms with van der Waals surface area (Å²) >= 11 is 0. The standard InChI is InChI=1S/C85H140O17P2/c1-5-9-13-17-21-25-29-33-37-38-39-40-44-46-50-54-58-62-66-70-83(88)96-76-81(102-85(90)72-68-64-60-56-52-48-43-36-32-28-24-20-16-12-8-4)78-100-104(93,94)98-74-79(86)73-97-103(91,92)99-77-80(101-84(89)71-67-63-59-55-51-47-42-35-31-27-23-19-15-11-7-3)75-95-82(87)69-65-61-57-53-49-45-41-34-30-26-22-18-14-10-6-2/h10,12,14,16,21-22,24-26,28,33-37,39-43,49,52-53,56,61,65,79-81,86H,5-9,11,13,15,17-20,23,27,29-32,38,44-48,50-51,54-55,57-60,62-64,66-78H2,1-4H3,(H,91,92)(H,93,94)/b14-10-,16-12-,25-21-,26-22-,28-24-,37-33-,40-39-,41-34-,42-35-,43-36-,53-49-,56-52-,65-61-. The van der Waals surface area contributed by atoms with Gasteiger partial charge in [-0.15, -0.1) is 0 Å². The van der Waals surface area contributed by atoms with Gasteiger partial charge in [0.1, 0.15) is 19.3 Å². The second kappa shape index (κ2) is 75.9. The summed E-state index contributed by atoms with van der Waals surface area (Å²) in [7, 11) is -10.0. The largest absolute Gasteiger partial charge is 0.472 e. The molecule has 0 saturated carbocycles. The molecule has 5 unspecified atom stereocenters. The highest BCUT2D eigenvalue weighted by Crippen LogP contribution is 2.45. The SMILES string of the molecule is CC/C=C\C/C=C\C/C=C\C/C=C\C/C=C\CC(=O)OCC(COP(=O)(O)OCC(O)COP(=O)(O)OCC(COC(=O)CCCCCCCC/C=C\C/C=C\C/C=C\CCCCC)OC(=O)CCCC/C=C\C/C=C\C/C=C\C/C=C\CC)OC(=O)CCCCCCC/C=C\CCCCCCCC. The number of aliphatic hydroxyl groups is 1. The van der Waals surface area contributed by atoms with Crippen molar-refractivity contribution in [3.05, 3.63) is 158 Å². The van der Waals surface area contributed by atoms with E-state index in [1.54, 1.807) is 6.08 Å². The van der Waals surface area contributed by atoms with E-state index < -0.39 is 97.5 Å². The topological polar surface area (TPSA) is 237 Å². The van der Waals surface area contributed by atoms with Crippen LogP contribution in [0.3, 0.4) is 0 Å². The number of ether oxygens (including phenoxy) is 4. The Morgan fingerprint density at radius 2 is 0.538 bits per heavy atom. The Bertz CT molecular complexity index is 2590. The van der Waals surface area contributed by atoms with Gasteiger partial charge in [-0.2, -0.15) is 0 Å². The number of rotatable bonds is 73. The fourth-order valence-corrected chi connectivity index (χ4v) is 11.6. The first-order valence-corrected chi connectivity index (χ1v) is 42.7. The van der Waals surface area contributed by atoms with Crippen LogP contribution in [0.25, 0.3) is 0 Å². The van der Waals surface area contributed by atoms with Crippen molar-refractivity contribution in [1.29, 1.82) is 0 Å². The lowest BCUT2D eigenvalue weighted by Crippen LogP contribution is -2.30. The molecule has 0 rings (SSSR count). The van der Waals surface area contributed by atoms with Crippen molar-refractivity contribution >= 4 is 39.5 Å². The van der Waals surface area contributed by atoms with Crippen LogP contribution in [0.5, 0.6) is 0 Å². The summed E-state index contributed by atoms with van der Waals surface area (Å²) in [5, 5.41) is 10.6. The molecule has 0 fully saturated rings. The molecule has 3 N–H and O–H groups in total. The molecule has 0 aliphatic rings. The first kappa shape index (κ1) is 98.7. The third-order valence-corrected chi connectivity index (χ3v) is 17.9. The van der Waals surface area contributed by atoms with Gasteiger partial charge < -0.3 is 33.8 Å². The molecule has 0 aromatic heterocycles. The molecule has 0 aromatic carbocycles. The maximum Gasteiger partial charge on any atom is 0.472 e. The highest BCUT2D eigenvalue weighted by molar-refractivity contribution is 7.47. The Balaban J connectivity index is 5.48. The lowest BCUT2D eigenvalue weighted by molar-refractivity contribution is -0.161. The number of phosphoric acid groups is 2. The number of carbonyl (C=O) groups is 4. The van der Waals surface area contributed by atoms with E-state index in [0.29, 0.717) is 32.1 Å². The van der Waals surface area contributed by atoms with Crippen molar-refractivity contribution in [2.45, 2.75) is 316 Å². The van der Waals surface area contributed by atoms with E-state index in [1.807, 2.05) is 18.2 Å². The van der Waals surface area contributed by atoms with Crippen LogP contribution in [0.15, 0.2) is 158 Å². The van der Waals surface area contributed by atoms with Gasteiger partial charge >= 0.3 is 39.5 Å². The van der Waals surface area contributed by atoms with Gasteiger partial charge in [0, 0.05) is 19.3 Å². The fourth-order valence-electron chi connectivity index (χ4n) is 9.99. The van der Waals surface area contributed by atoms with Crippen LogP contribution in [-0.2, 0) is 65.4 Å². The van der Waals surface area contributed by atoms with Crippen molar-refractivity contribution in [2.24, 2.45) is 0 Å². The molecule has 0 amide bonds. The minimum absolute atomic E-state index is 0.0324. The second-order valence-electron chi connectivity index (χ2n) is 25.9. The van der Waals surface area contributed by atoms with E-state index >= 15 is 0 Å². The van der Waals surface area contributed by atoms with E-state index in [0.717, 1.165) is 154 Å². The number of esters is 4. The number of unbranched alkanes of at least 4 members (excludes halogenated alkanes) is 22. The maximum absolute atomic E-state index is 13.1. The van der Waals surface area contributed by atoms with Gasteiger partial charge in [0.2, 0.25) is 0 Å². The van der Waals surface area contributed by atoms with Crippen LogP contribution in [-0.4, -0.2) is 96.7 Å². The molecular weight excluding hydrogens is 1350 g/mol. The Hall–Kier alpha value is -5.32. The quantitative estimate of drug-likeness (QED) is 0.0169. The minimum Gasteiger partial charge on any atom is -0.462 e. The molecule has 0 heterocycles. The van der Waals surface area contributed by atoms with Crippen molar-refractivity contribution in [3.63, 3.8) is 0 Å². The Morgan fingerprint density at radius 1 is 0.288 bits per heavy atom. The van der Waals surface area contributed by atoms with E-state index in [4.69, 9.17) is 37.0 Å². The summed E-state index contributed by atoms with van der Waals surface area (Å²) < 4.78 is 68.4. The molecule has 0 aliphatic carbocycles. The highest BCUT2D eigenvalue weighted by Gasteiger charge is 2.30. The molecule has 17 nitrogen and oxygen atoms in total. The van der Waals surface area contributed by atoms with Crippen LogP contribution >= 0.6 is 15.6 Å². The third-order valence-electron chi connectivity index (χ3n) is 16.0. The van der Waals surface area contributed by atoms with Gasteiger partial charge in [-0.1, -0.05) is 276 Å². The third kappa shape index (κ3) is 74.9. The number of hydrogen-bond donors (Lipinski definition) is 3. The Kier molecular flexibility index (Phi) is 72.0. The summed E-state index contributed by atoms with van der Waals surface area (Å²) in [4.78, 5) is 72.9. The first-order valence-electron chi connectivity index (χ1n) is 39.7. The Labute approximate surface area is 629 Å². The zero-order valence-corrected chi connectivity index (χ0v) is 66.4. The summed E-state index contributed by atoms with van der Waals surface area (Å²) in [5.41, 5.74) is 0. The molecule has 19 heteroatoms. The molecular formula is C85H140O17P2. The average Bonchev–Trinajstić information content (AvgIpc) is 0.912. The molecule has 0 radical (unpaired) electrons.